The first-order valence-electron chi connectivity index (χ1n) is 8.89. The summed E-state index contributed by atoms with van der Waals surface area (Å²) in [5.41, 5.74) is -1.01. The van der Waals surface area contributed by atoms with Gasteiger partial charge >= 0.3 is 6.36 Å². The van der Waals surface area contributed by atoms with Gasteiger partial charge in [-0.2, -0.15) is 0 Å². The Morgan fingerprint density at radius 3 is 2.38 bits per heavy atom. The van der Waals surface area contributed by atoms with Crippen LogP contribution in [-0.2, 0) is 10.4 Å². The van der Waals surface area contributed by atoms with Crippen LogP contribution < -0.4 is 9.47 Å². The SMILES string of the molecule is O=C(COc1ccc(Cl)cc1)N1CCC(O)(c2cccc(OC(F)(F)F)c2)CC1. The fraction of sp³-hybridized carbons (Fsp3) is 0.350. The summed E-state index contributed by atoms with van der Waals surface area (Å²) >= 11 is 5.80. The molecular formula is C20H19ClF3NO4. The molecule has 3 rings (SSSR count). The van der Waals surface area contributed by atoms with Gasteiger partial charge in [0.05, 0.1) is 5.60 Å². The summed E-state index contributed by atoms with van der Waals surface area (Å²) in [4.78, 5) is 13.9. The number of piperidine rings is 1. The number of hydrogen-bond acceptors (Lipinski definition) is 4. The summed E-state index contributed by atoms with van der Waals surface area (Å²) in [6.45, 7) is 0.350. The van der Waals surface area contributed by atoms with E-state index >= 15 is 0 Å². The molecule has 2 aromatic carbocycles. The Bertz CT molecular complexity index is 850. The van der Waals surface area contributed by atoms with E-state index in [0.29, 0.717) is 16.3 Å². The molecular weight excluding hydrogens is 411 g/mol. The smallest absolute Gasteiger partial charge is 0.484 e. The molecule has 9 heteroatoms. The second-order valence-corrected chi connectivity index (χ2v) is 7.17. The number of aliphatic hydroxyl groups is 1. The van der Waals surface area contributed by atoms with Gasteiger partial charge in [0, 0.05) is 18.1 Å². The van der Waals surface area contributed by atoms with E-state index in [1.807, 2.05) is 0 Å². The zero-order chi connectivity index (χ0) is 21.1. The van der Waals surface area contributed by atoms with Gasteiger partial charge in [0.2, 0.25) is 0 Å². The minimum absolute atomic E-state index is 0.158. The van der Waals surface area contributed by atoms with Crippen molar-refractivity contribution in [2.75, 3.05) is 19.7 Å². The van der Waals surface area contributed by atoms with Crippen LogP contribution in [0.25, 0.3) is 0 Å². The van der Waals surface area contributed by atoms with E-state index in [2.05, 4.69) is 4.74 Å². The summed E-state index contributed by atoms with van der Waals surface area (Å²) in [6.07, 6.45) is -4.43. The van der Waals surface area contributed by atoms with Crippen LogP contribution >= 0.6 is 11.6 Å². The Labute approximate surface area is 170 Å². The predicted octanol–water partition coefficient (Wildman–Crippen LogP) is 4.13. The molecule has 2 aromatic rings. The molecule has 0 atom stereocenters. The van der Waals surface area contributed by atoms with Gasteiger partial charge in [0.25, 0.3) is 5.91 Å². The highest BCUT2D eigenvalue weighted by Gasteiger charge is 2.37. The van der Waals surface area contributed by atoms with Crippen LogP contribution in [0.15, 0.2) is 48.5 Å². The topological polar surface area (TPSA) is 59.0 Å². The number of nitrogens with zero attached hydrogens (tertiary/aromatic N) is 1. The van der Waals surface area contributed by atoms with E-state index in [9.17, 15) is 23.1 Å². The molecule has 0 saturated carbocycles. The Morgan fingerprint density at radius 1 is 1.10 bits per heavy atom. The van der Waals surface area contributed by atoms with Gasteiger partial charge in [-0.15, -0.1) is 13.2 Å². The Kier molecular flexibility index (Phi) is 6.24. The maximum absolute atomic E-state index is 12.4. The van der Waals surface area contributed by atoms with Gasteiger partial charge < -0.3 is 19.5 Å². The largest absolute Gasteiger partial charge is 0.573 e. The molecule has 1 saturated heterocycles. The first-order valence-corrected chi connectivity index (χ1v) is 9.27. The lowest BCUT2D eigenvalue weighted by atomic mass is 9.84. The molecule has 0 radical (unpaired) electrons. The zero-order valence-corrected chi connectivity index (χ0v) is 16.0. The van der Waals surface area contributed by atoms with Crippen molar-refractivity contribution in [2.45, 2.75) is 24.8 Å². The number of amides is 1. The fourth-order valence-electron chi connectivity index (χ4n) is 3.16. The van der Waals surface area contributed by atoms with Crippen LogP contribution in [0.5, 0.6) is 11.5 Å². The fourth-order valence-corrected chi connectivity index (χ4v) is 3.29. The summed E-state index contributed by atoms with van der Waals surface area (Å²) in [6, 6.07) is 11.9. The van der Waals surface area contributed by atoms with Gasteiger partial charge in [-0.3, -0.25) is 4.79 Å². The molecule has 5 nitrogen and oxygen atoms in total. The second kappa shape index (κ2) is 8.51. The summed E-state index contributed by atoms with van der Waals surface area (Å²) in [7, 11) is 0. The first kappa shape index (κ1) is 21.3. The molecule has 1 fully saturated rings. The van der Waals surface area contributed by atoms with Crippen LogP contribution in [0, 0.1) is 0 Å². The third-order valence-electron chi connectivity index (χ3n) is 4.72. The monoisotopic (exact) mass is 429 g/mol. The number of ether oxygens (including phenoxy) is 2. The Morgan fingerprint density at radius 2 is 1.76 bits per heavy atom. The van der Waals surface area contributed by atoms with E-state index in [0.717, 1.165) is 0 Å². The molecule has 0 spiro atoms. The molecule has 29 heavy (non-hydrogen) atoms. The van der Waals surface area contributed by atoms with Gasteiger partial charge in [-0.1, -0.05) is 23.7 Å². The van der Waals surface area contributed by atoms with Crippen molar-refractivity contribution in [3.05, 3.63) is 59.1 Å². The number of benzene rings is 2. The Balaban J connectivity index is 1.56. The van der Waals surface area contributed by atoms with Gasteiger partial charge in [-0.25, -0.2) is 0 Å². The van der Waals surface area contributed by atoms with E-state index < -0.39 is 17.7 Å². The highest BCUT2D eigenvalue weighted by molar-refractivity contribution is 6.30. The van der Waals surface area contributed by atoms with Crippen molar-refractivity contribution >= 4 is 17.5 Å². The average molecular weight is 430 g/mol. The Hall–Kier alpha value is -2.45. The van der Waals surface area contributed by atoms with Crippen LogP contribution in [-0.4, -0.2) is 42.0 Å². The van der Waals surface area contributed by atoms with Crippen molar-refractivity contribution in [3.63, 3.8) is 0 Å². The van der Waals surface area contributed by atoms with Gasteiger partial charge in [-0.05, 0) is 54.8 Å². The van der Waals surface area contributed by atoms with E-state index in [4.69, 9.17) is 16.3 Å². The number of hydrogen-bond donors (Lipinski definition) is 1. The molecule has 1 heterocycles. The molecule has 1 amide bonds. The van der Waals surface area contributed by atoms with E-state index in [1.54, 1.807) is 35.2 Å². The molecule has 1 aliphatic heterocycles. The maximum atomic E-state index is 12.4. The molecule has 156 valence electrons. The molecule has 1 N–H and O–H groups in total. The minimum Gasteiger partial charge on any atom is -0.484 e. The normalized spacial score (nSPS) is 16.4. The lowest BCUT2D eigenvalue weighted by Crippen LogP contribution is -2.46. The minimum atomic E-state index is -4.80. The van der Waals surface area contributed by atoms with Gasteiger partial charge in [0.1, 0.15) is 11.5 Å². The number of rotatable bonds is 5. The molecule has 0 aliphatic carbocycles. The van der Waals surface area contributed by atoms with E-state index in [1.165, 1.54) is 18.2 Å². The van der Waals surface area contributed by atoms with Gasteiger partial charge in [0.15, 0.2) is 6.61 Å². The lowest BCUT2D eigenvalue weighted by Gasteiger charge is -2.38. The number of likely N-dealkylation sites (tertiary alicyclic amines) is 1. The molecule has 1 aliphatic rings. The average Bonchev–Trinajstić information content (AvgIpc) is 2.67. The van der Waals surface area contributed by atoms with E-state index in [-0.39, 0.29) is 38.4 Å². The molecule has 0 bridgehead atoms. The number of carbonyl (C=O) groups is 1. The standard InChI is InChI=1S/C20H19ClF3NO4/c21-15-4-6-16(7-5-15)28-13-18(26)25-10-8-19(27,9-11-25)14-2-1-3-17(12-14)29-20(22,23)24/h1-7,12,27H,8-11,13H2. The summed E-state index contributed by atoms with van der Waals surface area (Å²) in [5.74, 6) is -0.118. The number of halogens is 4. The molecule has 0 unspecified atom stereocenters. The third kappa shape index (κ3) is 5.77. The van der Waals surface area contributed by atoms with Crippen LogP contribution in [0.4, 0.5) is 13.2 Å². The highest BCUT2D eigenvalue weighted by atomic mass is 35.5. The first-order chi connectivity index (χ1) is 13.6. The lowest BCUT2D eigenvalue weighted by molar-refractivity contribution is -0.274. The van der Waals surface area contributed by atoms with Crippen molar-refractivity contribution in [3.8, 4) is 11.5 Å². The van der Waals surface area contributed by atoms with Crippen LogP contribution in [0.3, 0.4) is 0 Å². The van der Waals surface area contributed by atoms with Crippen molar-refractivity contribution in [1.29, 1.82) is 0 Å². The number of carbonyl (C=O) groups excluding carboxylic acids is 1. The summed E-state index contributed by atoms with van der Waals surface area (Å²) in [5, 5.41) is 11.4. The maximum Gasteiger partial charge on any atom is 0.573 e. The number of alkyl halides is 3. The highest BCUT2D eigenvalue weighted by Crippen LogP contribution is 2.35. The van der Waals surface area contributed by atoms with Crippen molar-refractivity contribution < 1.29 is 32.5 Å². The van der Waals surface area contributed by atoms with Crippen molar-refractivity contribution in [2.24, 2.45) is 0 Å². The summed E-state index contributed by atoms with van der Waals surface area (Å²) < 4.78 is 46.6. The van der Waals surface area contributed by atoms with Crippen molar-refractivity contribution in [1.82, 2.24) is 4.90 Å². The van der Waals surface area contributed by atoms with Crippen LogP contribution in [0.1, 0.15) is 18.4 Å². The second-order valence-electron chi connectivity index (χ2n) is 6.73. The quantitative estimate of drug-likeness (QED) is 0.776. The molecule has 0 aromatic heterocycles. The zero-order valence-electron chi connectivity index (χ0n) is 15.3. The predicted molar refractivity (Wildman–Crippen MR) is 99.8 cm³/mol. The van der Waals surface area contributed by atoms with Crippen LogP contribution in [0.2, 0.25) is 5.02 Å². The third-order valence-corrected chi connectivity index (χ3v) is 4.98.